The number of pyridine rings is 1. The van der Waals surface area contributed by atoms with Crippen LogP contribution in [0.25, 0.3) is 0 Å². The first kappa shape index (κ1) is 12.1. The Morgan fingerprint density at radius 2 is 2.25 bits per heavy atom. The second-order valence-corrected chi connectivity index (χ2v) is 4.00. The molecular weight excluding hydrogens is 356 g/mol. The largest absolute Gasteiger partial charge is 0.382 e. The second kappa shape index (κ2) is 4.98. The molecule has 1 rings (SSSR count). The van der Waals surface area contributed by atoms with Crippen molar-refractivity contribution in [3.05, 3.63) is 26.0 Å². The van der Waals surface area contributed by atoms with Crippen LogP contribution < -0.4 is 5.73 Å². The van der Waals surface area contributed by atoms with Gasteiger partial charge in [0.05, 0.1) is 0 Å². The van der Waals surface area contributed by atoms with Crippen molar-refractivity contribution in [2.75, 3.05) is 0 Å². The lowest BCUT2D eigenvalue weighted by atomic mass is 10.3. The molecule has 3 N–H and O–H groups in total. The molecule has 0 saturated heterocycles. The van der Waals surface area contributed by atoms with Crippen molar-refractivity contribution in [2.45, 2.75) is 0 Å². The van der Waals surface area contributed by atoms with Gasteiger partial charge in [0.2, 0.25) is 0 Å². The molecule has 6 heteroatoms. The summed E-state index contributed by atoms with van der Waals surface area (Å²) in [5.41, 5.74) is 5.74. The third kappa shape index (κ3) is 2.87. The van der Waals surface area contributed by atoms with Gasteiger partial charge in [0.15, 0.2) is 0 Å². The number of hydrogen-bond donors (Lipinski definition) is 2. The first-order valence-electron chi connectivity index (χ1n) is 2.76. The maximum atomic E-state index is 7.13. The van der Waals surface area contributed by atoms with Crippen molar-refractivity contribution < 1.29 is 0 Å². The molecule has 12 heavy (non-hydrogen) atoms. The minimum atomic E-state index is -0.0201. The molecule has 0 aliphatic heterocycles. The molecule has 0 atom stereocenters. The summed E-state index contributed by atoms with van der Waals surface area (Å²) in [6.45, 7) is 0. The number of aromatic nitrogens is 1. The Labute approximate surface area is 98.3 Å². The molecule has 0 bridgehead atoms. The SMILES string of the molecule is Cl.N=C(N)c1ncc(I)cc1Br. The van der Waals surface area contributed by atoms with Crippen LogP contribution in [-0.2, 0) is 0 Å². The van der Waals surface area contributed by atoms with Crippen LogP contribution in [0.3, 0.4) is 0 Å². The second-order valence-electron chi connectivity index (χ2n) is 1.90. The van der Waals surface area contributed by atoms with Gasteiger partial charge in [-0.25, -0.2) is 0 Å². The molecule has 3 nitrogen and oxygen atoms in total. The Hall–Kier alpha value is 0.120. The number of nitrogens with zero attached hydrogens (tertiary/aromatic N) is 1. The topological polar surface area (TPSA) is 62.8 Å². The number of nitrogen functional groups attached to an aromatic ring is 1. The number of halogens is 3. The van der Waals surface area contributed by atoms with E-state index in [-0.39, 0.29) is 18.2 Å². The molecule has 0 spiro atoms. The molecule has 1 aromatic rings. The number of rotatable bonds is 1. The third-order valence-electron chi connectivity index (χ3n) is 1.06. The summed E-state index contributed by atoms with van der Waals surface area (Å²) >= 11 is 5.40. The van der Waals surface area contributed by atoms with Gasteiger partial charge in [0, 0.05) is 14.2 Å². The van der Waals surface area contributed by atoms with Crippen molar-refractivity contribution in [2.24, 2.45) is 5.73 Å². The minimum Gasteiger partial charge on any atom is -0.382 e. The maximum Gasteiger partial charge on any atom is 0.142 e. The van der Waals surface area contributed by atoms with Gasteiger partial charge in [0.25, 0.3) is 0 Å². The van der Waals surface area contributed by atoms with Gasteiger partial charge >= 0.3 is 0 Å². The predicted molar refractivity (Wildman–Crippen MR) is 62.9 cm³/mol. The molecule has 1 aromatic heterocycles. The summed E-state index contributed by atoms with van der Waals surface area (Å²) in [4.78, 5) is 3.97. The molecule has 0 fully saturated rings. The first-order chi connectivity index (χ1) is 5.11. The predicted octanol–water partition coefficient (Wildman–Crippen LogP) is 2.15. The Kier molecular flexibility index (Phi) is 5.03. The highest BCUT2D eigenvalue weighted by Gasteiger charge is 2.03. The lowest BCUT2D eigenvalue weighted by Gasteiger charge is -1.99. The van der Waals surface area contributed by atoms with Crippen LogP contribution in [-0.4, -0.2) is 10.8 Å². The molecular formula is C6H6BrClIN3. The Morgan fingerprint density at radius 3 is 2.67 bits per heavy atom. The molecule has 0 saturated carbocycles. The zero-order valence-electron chi connectivity index (χ0n) is 5.84. The van der Waals surface area contributed by atoms with Crippen LogP contribution >= 0.6 is 50.9 Å². The van der Waals surface area contributed by atoms with E-state index in [2.05, 4.69) is 43.5 Å². The number of amidine groups is 1. The minimum absolute atomic E-state index is 0. The summed E-state index contributed by atoms with van der Waals surface area (Å²) in [7, 11) is 0. The summed E-state index contributed by atoms with van der Waals surface area (Å²) < 4.78 is 1.77. The van der Waals surface area contributed by atoms with E-state index in [1.54, 1.807) is 6.20 Å². The molecule has 0 amide bonds. The van der Waals surface area contributed by atoms with Crippen LogP contribution in [0.1, 0.15) is 5.69 Å². The molecule has 0 aliphatic carbocycles. The van der Waals surface area contributed by atoms with Crippen LogP contribution in [0, 0.1) is 8.98 Å². The van der Waals surface area contributed by atoms with Crippen LogP contribution in [0.2, 0.25) is 0 Å². The zero-order valence-corrected chi connectivity index (χ0v) is 10.4. The van der Waals surface area contributed by atoms with Crippen molar-refractivity contribution >= 4 is 56.8 Å². The van der Waals surface area contributed by atoms with E-state index in [1.165, 1.54) is 0 Å². The Morgan fingerprint density at radius 1 is 1.67 bits per heavy atom. The fraction of sp³-hybridized carbons (Fsp3) is 0. The number of hydrogen-bond acceptors (Lipinski definition) is 2. The highest BCUT2D eigenvalue weighted by atomic mass is 127. The molecule has 0 aromatic carbocycles. The maximum absolute atomic E-state index is 7.13. The highest BCUT2D eigenvalue weighted by molar-refractivity contribution is 14.1. The summed E-state index contributed by atoms with van der Waals surface area (Å²) in [5.74, 6) is -0.0201. The van der Waals surface area contributed by atoms with E-state index in [4.69, 9.17) is 11.1 Å². The lowest BCUT2D eigenvalue weighted by Crippen LogP contribution is -2.13. The van der Waals surface area contributed by atoms with Crippen LogP contribution in [0.15, 0.2) is 16.7 Å². The standard InChI is InChI=1S/C6H5BrIN3.ClH/c7-4-1-3(8)2-11-5(4)6(9)10;/h1-2H,(H3,9,10);1H. The average Bonchev–Trinajstić information content (AvgIpc) is 1.85. The van der Waals surface area contributed by atoms with Gasteiger partial charge < -0.3 is 5.73 Å². The van der Waals surface area contributed by atoms with Crippen LogP contribution in [0.5, 0.6) is 0 Å². The molecule has 66 valence electrons. The van der Waals surface area contributed by atoms with E-state index in [0.29, 0.717) is 5.69 Å². The van der Waals surface area contributed by atoms with Gasteiger partial charge in [-0.3, -0.25) is 10.4 Å². The average molecular weight is 362 g/mol. The van der Waals surface area contributed by atoms with Crippen molar-refractivity contribution in [1.29, 1.82) is 5.41 Å². The van der Waals surface area contributed by atoms with Gasteiger partial charge in [-0.05, 0) is 44.6 Å². The monoisotopic (exact) mass is 361 g/mol. The van der Waals surface area contributed by atoms with Gasteiger partial charge in [-0.15, -0.1) is 12.4 Å². The molecule has 0 radical (unpaired) electrons. The summed E-state index contributed by atoms with van der Waals surface area (Å²) in [6, 6.07) is 1.87. The lowest BCUT2D eigenvalue weighted by molar-refractivity contribution is 1.22. The summed E-state index contributed by atoms with van der Waals surface area (Å²) in [6.07, 6.45) is 1.67. The van der Waals surface area contributed by atoms with E-state index < -0.39 is 0 Å². The van der Waals surface area contributed by atoms with Crippen molar-refractivity contribution in [3.8, 4) is 0 Å². The summed E-state index contributed by atoms with van der Waals surface area (Å²) in [5, 5.41) is 7.13. The zero-order chi connectivity index (χ0) is 8.43. The molecule has 1 heterocycles. The van der Waals surface area contributed by atoms with Crippen molar-refractivity contribution in [3.63, 3.8) is 0 Å². The van der Waals surface area contributed by atoms with Gasteiger partial charge in [0.1, 0.15) is 11.5 Å². The highest BCUT2D eigenvalue weighted by Crippen LogP contribution is 2.16. The Balaban J connectivity index is 0.00000121. The number of nitrogens with one attached hydrogen (secondary N) is 1. The fourth-order valence-electron chi connectivity index (χ4n) is 0.613. The van der Waals surface area contributed by atoms with E-state index >= 15 is 0 Å². The quantitative estimate of drug-likeness (QED) is 0.457. The fourth-order valence-corrected chi connectivity index (χ4v) is 2.05. The smallest absolute Gasteiger partial charge is 0.142 e. The van der Waals surface area contributed by atoms with Gasteiger partial charge in [-0.1, -0.05) is 0 Å². The van der Waals surface area contributed by atoms with E-state index in [9.17, 15) is 0 Å². The van der Waals surface area contributed by atoms with E-state index in [0.717, 1.165) is 8.04 Å². The first-order valence-corrected chi connectivity index (χ1v) is 4.64. The number of nitrogens with two attached hydrogens (primary N) is 1. The normalized spacial score (nSPS) is 8.83. The van der Waals surface area contributed by atoms with Crippen LogP contribution in [0.4, 0.5) is 0 Å². The van der Waals surface area contributed by atoms with Gasteiger partial charge in [-0.2, -0.15) is 0 Å². The van der Waals surface area contributed by atoms with E-state index in [1.807, 2.05) is 6.07 Å². The third-order valence-corrected chi connectivity index (χ3v) is 2.26. The Bertz CT molecular complexity index is 305. The van der Waals surface area contributed by atoms with Crippen molar-refractivity contribution in [1.82, 2.24) is 4.98 Å². The molecule has 0 unspecified atom stereocenters. The molecule has 0 aliphatic rings.